The number of ether oxygens (including phenoxy) is 1. The number of halogens is 3. The number of benzene rings is 1. The number of carbonyl (C=O) groups is 2. The second-order valence-electron chi connectivity index (χ2n) is 8.24. The van der Waals surface area contributed by atoms with Crippen molar-refractivity contribution < 1.29 is 45.5 Å². The molecule has 1 aliphatic rings. The summed E-state index contributed by atoms with van der Waals surface area (Å²) in [6, 6.07) is 11.2. The van der Waals surface area contributed by atoms with Crippen LogP contribution in [-0.4, -0.2) is 49.4 Å². The number of carbonyl (C=O) groups excluding carboxylic acids is 1. The number of sulfonamides is 1. The number of hydrogen-bond donors (Lipinski definition) is 3. The van der Waals surface area contributed by atoms with E-state index in [0.29, 0.717) is 23.0 Å². The first kappa shape index (κ1) is 26.6. The summed E-state index contributed by atoms with van der Waals surface area (Å²) >= 11 is 0.589. The van der Waals surface area contributed by atoms with E-state index in [4.69, 9.17) is 4.74 Å². The molecule has 198 valence electrons. The van der Waals surface area contributed by atoms with E-state index in [9.17, 15) is 36.3 Å². The van der Waals surface area contributed by atoms with E-state index in [0.717, 1.165) is 6.07 Å². The SMILES string of the molecule is CCNC(=O)OC[C@@]1(c2ccccc2)C[C@]1(NS(=O)(=O)c1ccc(-c2cc(C(F)(F)F)on2)s1)C(=O)O. The fourth-order valence-corrected chi connectivity index (χ4v) is 6.70. The van der Waals surface area contributed by atoms with Crippen molar-refractivity contribution in [2.75, 3.05) is 13.2 Å². The summed E-state index contributed by atoms with van der Waals surface area (Å²) in [5, 5.41) is 15.9. The molecule has 2 atom stereocenters. The molecule has 0 bridgehead atoms. The van der Waals surface area contributed by atoms with Gasteiger partial charge in [-0.3, -0.25) is 4.79 Å². The van der Waals surface area contributed by atoms with Gasteiger partial charge < -0.3 is 19.7 Å². The van der Waals surface area contributed by atoms with Gasteiger partial charge in [-0.2, -0.15) is 17.9 Å². The van der Waals surface area contributed by atoms with E-state index in [1.807, 2.05) is 0 Å². The third kappa shape index (κ3) is 4.93. The molecule has 0 aliphatic heterocycles. The Hall–Kier alpha value is -3.43. The molecular formula is C22H20F3N3O7S2. The number of alkyl carbamates (subject to hydrolysis) is 1. The molecule has 4 rings (SSSR count). The second-order valence-corrected chi connectivity index (χ2v) is 11.2. The lowest BCUT2D eigenvalue weighted by Crippen LogP contribution is -2.50. The van der Waals surface area contributed by atoms with Crippen LogP contribution in [0, 0.1) is 0 Å². The van der Waals surface area contributed by atoms with E-state index in [-0.39, 0.29) is 27.7 Å². The van der Waals surface area contributed by atoms with Crippen molar-refractivity contribution in [1.82, 2.24) is 15.2 Å². The minimum atomic E-state index is -4.77. The summed E-state index contributed by atoms with van der Waals surface area (Å²) in [5.41, 5.74) is -3.25. The Balaban J connectivity index is 1.65. The molecule has 0 spiro atoms. The van der Waals surface area contributed by atoms with E-state index < -0.39 is 51.6 Å². The van der Waals surface area contributed by atoms with Crippen LogP contribution in [0.4, 0.5) is 18.0 Å². The van der Waals surface area contributed by atoms with Gasteiger partial charge in [0.25, 0.3) is 10.0 Å². The molecular weight excluding hydrogens is 539 g/mol. The third-order valence-electron chi connectivity index (χ3n) is 5.92. The van der Waals surface area contributed by atoms with Gasteiger partial charge in [-0.05, 0) is 31.0 Å². The molecule has 1 amide bonds. The van der Waals surface area contributed by atoms with Gasteiger partial charge in [0.2, 0.25) is 5.76 Å². The van der Waals surface area contributed by atoms with Crippen molar-refractivity contribution in [1.29, 1.82) is 0 Å². The fourth-order valence-electron chi connectivity index (χ4n) is 4.02. The van der Waals surface area contributed by atoms with Gasteiger partial charge in [0.05, 0.1) is 10.3 Å². The Labute approximate surface area is 212 Å². The summed E-state index contributed by atoms with van der Waals surface area (Å²) in [6.07, 6.45) is -5.77. The van der Waals surface area contributed by atoms with Crippen molar-refractivity contribution in [3.8, 4) is 10.6 Å². The number of rotatable bonds is 9. The van der Waals surface area contributed by atoms with Crippen molar-refractivity contribution in [3.63, 3.8) is 0 Å². The topological polar surface area (TPSA) is 148 Å². The highest BCUT2D eigenvalue weighted by Crippen LogP contribution is 2.59. The quantitative estimate of drug-likeness (QED) is 0.360. The molecule has 3 N–H and O–H groups in total. The second kappa shape index (κ2) is 9.46. The number of aromatic nitrogens is 1. The zero-order valence-electron chi connectivity index (χ0n) is 19.0. The molecule has 1 fully saturated rings. The number of alkyl halides is 3. The van der Waals surface area contributed by atoms with E-state index >= 15 is 0 Å². The highest BCUT2D eigenvalue weighted by Gasteiger charge is 2.75. The fraction of sp³-hybridized carbons (Fsp3) is 0.318. The highest BCUT2D eigenvalue weighted by atomic mass is 32.2. The molecule has 2 aromatic heterocycles. The predicted octanol–water partition coefficient (Wildman–Crippen LogP) is 3.61. The number of thiophene rings is 1. The predicted molar refractivity (Wildman–Crippen MR) is 123 cm³/mol. The van der Waals surface area contributed by atoms with Gasteiger partial charge in [0.1, 0.15) is 22.0 Å². The van der Waals surface area contributed by atoms with E-state index in [1.165, 1.54) is 6.07 Å². The maximum atomic E-state index is 13.3. The first-order chi connectivity index (χ1) is 17.3. The van der Waals surface area contributed by atoms with Crippen molar-refractivity contribution in [3.05, 3.63) is 59.9 Å². The number of aliphatic carboxylic acids is 1. The van der Waals surface area contributed by atoms with Gasteiger partial charge in [-0.25, -0.2) is 13.2 Å². The van der Waals surface area contributed by atoms with Crippen LogP contribution in [-0.2, 0) is 31.1 Å². The molecule has 15 heteroatoms. The van der Waals surface area contributed by atoms with E-state index in [2.05, 4.69) is 19.7 Å². The summed E-state index contributed by atoms with van der Waals surface area (Å²) in [7, 11) is -4.49. The molecule has 37 heavy (non-hydrogen) atoms. The Morgan fingerprint density at radius 2 is 1.92 bits per heavy atom. The number of nitrogens with zero attached hydrogens (tertiary/aromatic N) is 1. The van der Waals surface area contributed by atoms with Crippen LogP contribution in [0.15, 0.2) is 57.3 Å². The number of carboxylic acid groups (broad SMARTS) is 1. The molecule has 0 saturated heterocycles. The number of amides is 1. The first-order valence-corrected chi connectivity index (χ1v) is 13.0. The zero-order valence-corrected chi connectivity index (χ0v) is 20.7. The Morgan fingerprint density at radius 1 is 1.22 bits per heavy atom. The minimum absolute atomic E-state index is 0.0636. The van der Waals surface area contributed by atoms with Gasteiger partial charge in [0.15, 0.2) is 0 Å². The van der Waals surface area contributed by atoms with E-state index in [1.54, 1.807) is 37.3 Å². The maximum Gasteiger partial charge on any atom is 0.452 e. The Kier molecular flexibility index (Phi) is 6.81. The van der Waals surface area contributed by atoms with Crippen LogP contribution in [0.25, 0.3) is 10.6 Å². The van der Waals surface area contributed by atoms with Crippen molar-refractivity contribution in [2.45, 2.75) is 34.7 Å². The largest absolute Gasteiger partial charge is 0.480 e. The Bertz CT molecular complexity index is 1420. The van der Waals surface area contributed by atoms with Crippen molar-refractivity contribution in [2.24, 2.45) is 0 Å². The van der Waals surface area contributed by atoms with Crippen LogP contribution in [0.5, 0.6) is 0 Å². The molecule has 1 saturated carbocycles. The highest BCUT2D eigenvalue weighted by molar-refractivity contribution is 7.91. The van der Waals surface area contributed by atoms with Gasteiger partial charge >= 0.3 is 18.2 Å². The number of carboxylic acids is 1. The summed E-state index contributed by atoms with van der Waals surface area (Å²) in [6.45, 7) is 1.51. The first-order valence-electron chi connectivity index (χ1n) is 10.7. The molecule has 3 aromatic rings. The standard InChI is InChI=1S/C22H20F3N3O7S2/c1-2-26-19(31)34-12-20(13-6-4-3-5-7-13)11-21(20,18(29)30)28-37(32,33)17-9-8-15(36-17)14-10-16(35-27-14)22(23,24)25/h3-10,28H,2,11-12H2,1H3,(H,26,31)(H,29,30)/t20-,21+/m1/s1. The zero-order chi connectivity index (χ0) is 27.1. The van der Waals surface area contributed by atoms with Gasteiger partial charge in [0, 0.05) is 12.6 Å². The van der Waals surface area contributed by atoms with Crippen LogP contribution in [0.3, 0.4) is 0 Å². The van der Waals surface area contributed by atoms with Crippen molar-refractivity contribution >= 4 is 33.4 Å². The summed E-state index contributed by atoms with van der Waals surface area (Å²) in [4.78, 5) is 24.5. The van der Waals surface area contributed by atoms with Gasteiger partial charge in [-0.1, -0.05) is 35.5 Å². The smallest absolute Gasteiger partial charge is 0.452 e. The molecule has 10 nitrogen and oxygen atoms in total. The average Bonchev–Trinajstić information content (AvgIpc) is 3.21. The molecule has 1 aliphatic carbocycles. The number of hydrogen-bond acceptors (Lipinski definition) is 8. The summed E-state index contributed by atoms with van der Waals surface area (Å²) < 4.78 is 76.4. The normalized spacial score (nSPS) is 21.4. The molecule has 0 unspecified atom stereocenters. The molecule has 0 radical (unpaired) electrons. The van der Waals surface area contributed by atoms with Gasteiger partial charge in [-0.15, -0.1) is 11.3 Å². The summed E-state index contributed by atoms with van der Waals surface area (Å²) in [5.74, 6) is -2.83. The number of nitrogens with one attached hydrogen (secondary N) is 2. The molecule has 2 heterocycles. The average molecular weight is 560 g/mol. The monoisotopic (exact) mass is 559 g/mol. The lowest BCUT2D eigenvalue weighted by molar-refractivity contribution is -0.155. The lowest BCUT2D eigenvalue weighted by atomic mass is 9.91. The van der Waals surface area contributed by atoms with Crippen LogP contribution in [0.2, 0.25) is 0 Å². The Morgan fingerprint density at radius 3 is 2.51 bits per heavy atom. The minimum Gasteiger partial charge on any atom is -0.480 e. The van der Waals surface area contributed by atoms with Crippen LogP contribution in [0.1, 0.15) is 24.7 Å². The lowest BCUT2D eigenvalue weighted by Gasteiger charge is -2.24. The molecule has 1 aromatic carbocycles. The van der Waals surface area contributed by atoms with Crippen LogP contribution >= 0.6 is 11.3 Å². The third-order valence-corrected chi connectivity index (χ3v) is 9.01. The van der Waals surface area contributed by atoms with Crippen LogP contribution < -0.4 is 10.0 Å². The maximum absolute atomic E-state index is 13.3.